The Morgan fingerprint density at radius 1 is 1.26 bits per heavy atom. The highest BCUT2D eigenvalue weighted by atomic mass is 32.2. The summed E-state index contributed by atoms with van der Waals surface area (Å²) in [6.07, 6.45) is 0. The van der Waals surface area contributed by atoms with E-state index in [1.807, 2.05) is 6.92 Å². The van der Waals surface area contributed by atoms with Crippen molar-refractivity contribution in [3.8, 4) is 0 Å². The highest BCUT2D eigenvalue weighted by Gasteiger charge is 2.20. The molecule has 1 aromatic heterocycles. The fraction of sp³-hybridized carbons (Fsp3) is 0.273. The number of hydrogen-bond acceptors (Lipinski definition) is 6. The number of hydrogen-bond donors (Lipinski definition) is 2. The lowest BCUT2D eigenvalue weighted by Crippen LogP contribution is -2.26. The Labute approximate surface area is 115 Å². The Hall–Kier alpha value is -1.51. The molecular formula is C11H14N4O2S2. The molecule has 0 saturated carbocycles. The number of nitrogen functional groups attached to an aromatic ring is 1. The first kappa shape index (κ1) is 13.9. The molecule has 2 rings (SSSR count). The Morgan fingerprint density at radius 2 is 1.89 bits per heavy atom. The second-order valence-corrected chi connectivity index (χ2v) is 6.89. The fourth-order valence-electron chi connectivity index (χ4n) is 1.49. The summed E-state index contributed by atoms with van der Waals surface area (Å²) >= 11 is 1.16. The van der Waals surface area contributed by atoms with Gasteiger partial charge in [0, 0.05) is 0 Å². The molecule has 0 saturated heterocycles. The highest BCUT2D eigenvalue weighted by Crippen LogP contribution is 2.21. The summed E-state index contributed by atoms with van der Waals surface area (Å²) in [7, 11) is -3.57. The van der Waals surface area contributed by atoms with Crippen LogP contribution in [-0.2, 0) is 10.0 Å². The van der Waals surface area contributed by atoms with Gasteiger partial charge in [0.2, 0.25) is 15.2 Å². The number of nitrogens with zero attached hydrogens (tertiary/aromatic N) is 2. The summed E-state index contributed by atoms with van der Waals surface area (Å²) in [5.74, 6) is 0. The van der Waals surface area contributed by atoms with Crippen molar-refractivity contribution in [3.05, 3.63) is 34.8 Å². The molecule has 1 atom stereocenters. The largest absolute Gasteiger partial charge is 0.374 e. The number of aromatic nitrogens is 2. The normalized spacial score (nSPS) is 13.4. The molecular weight excluding hydrogens is 284 g/mol. The van der Waals surface area contributed by atoms with Gasteiger partial charge in [-0.1, -0.05) is 29.0 Å². The van der Waals surface area contributed by atoms with E-state index >= 15 is 0 Å². The monoisotopic (exact) mass is 298 g/mol. The second kappa shape index (κ2) is 5.24. The fourth-order valence-corrected chi connectivity index (χ4v) is 3.39. The molecule has 0 radical (unpaired) electrons. The van der Waals surface area contributed by atoms with Crippen LogP contribution in [0, 0.1) is 6.92 Å². The van der Waals surface area contributed by atoms with Crippen LogP contribution in [0.5, 0.6) is 0 Å². The van der Waals surface area contributed by atoms with Crippen LogP contribution in [0.2, 0.25) is 0 Å². The van der Waals surface area contributed by atoms with Crippen LogP contribution in [0.25, 0.3) is 0 Å². The predicted octanol–water partition coefficient (Wildman–Crippen LogP) is 1.47. The molecule has 0 bridgehead atoms. The Balaban J connectivity index is 2.19. The molecule has 1 aromatic carbocycles. The van der Waals surface area contributed by atoms with Gasteiger partial charge in [0.05, 0.1) is 10.9 Å². The summed E-state index contributed by atoms with van der Waals surface area (Å²) in [6.45, 7) is 3.60. The van der Waals surface area contributed by atoms with E-state index < -0.39 is 16.1 Å². The first-order valence-electron chi connectivity index (χ1n) is 5.56. The third-order valence-corrected chi connectivity index (χ3v) is 4.98. The van der Waals surface area contributed by atoms with Crippen LogP contribution in [0.4, 0.5) is 5.13 Å². The zero-order valence-electron chi connectivity index (χ0n) is 10.5. The van der Waals surface area contributed by atoms with Gasteiger partial charge in [0.15, 0.2) is 0 Å². The van der Waals surface area contributed by atoms with Crippen LogP contribution in [0.15, 0.2) is 29.2 Å². The van der Waals surface area contributed by atoms with E-state index in [0.717, 1.165) is 16.9 Å². The average Bonchev–Trinajstić information content (AvgIpc) is 2.76. The van der Waals surface area contributed by atoms with Crippen molar-refractivity contribution in [2.24, 2.45) is 0 Å². The Morgan fingerprint density at radius 3 is 2.42 bits per heavy atom. The van der Waals surface area contributed by atoms with Crippen molar-refractivity contribution < 1.29 is 8.42 Å². The van der Waals surface area contributed by atoms with E-state index in [9.17, 15) is 8.42 Å². The third kappa shape index (κ3) is 3.28. The van der Waals surface area contributed by atoms with Crippen LogP contribution in [-0.4, -0.2) is 18.6 Å². The van der Waals surface area contributed by atoms with Crippen LogP contribution in [0.1, 0.15) is 23.5 Å². The summed E-state index contributed by atoms with van der Waals surface area (Å²) < 4.78 is 26.8. The third-order valence-electron chi connectivity index (χ3n) is 2.49. The second-order valence-electron chi connectivity index (χ2n) is 4.13. The summed E-state index contributed by atoms with van der Waals surface area (Å²) in [5, 5.41) is 8.34. The maximum atomic E-state index is 12.1. The lowest BCUT2D eigenvalue weighted by molar-refractivity contribution is 0.565. The molecule has 1 unspecified atom stereocenters. The molecule has 8 heteroatoms. The molecule has 1 heterocycles. The maximum Gasteiger partial charge on any atom is 0.241 e. The molecule has 0 aliphatic rings. The van der Waals surface area contributed by atoms with Gasteiger partial charge >= 0.3 is 0 Å². The summed E-state index contributed by atoms with van der Waals surface area (Å²) in [6, 6.07) is 6.17. The predicted molar refractivity (Wildman–Crippen MR) is 74.2 cm³/mol. The van der Waals surface area contributed by atoms with Gasteiger partial charge in [0.1, 0.15) is 5.01 Å². The molecule has 2 aromatic rings. The smallest absolute Gasteiger partial charge is 0.241 e. The average molecular weight is 298 g/mol. The van der Waals surface area contributed by atoms with Crippen molar-refractivity contribution in [2.75, 3.05) is 5.73 Å². The number of nitrogens with one attached hydrogen (secondary N) is 1. The number of sulfonamides is 1. The van der Waals surface area contributed by atoms with E-state index in [-0.39, 0.29) is 4.90 Å². The Kier molecular flexibility index (Phi) is 3.83. The molecule has 0 aliphatic heterocycles. The Bertz CT molecular complexity index is 664. The van der Waals surface area contributed by atoms with Crippen molar-refractivity contribution in [1.82, 2.24) is 14.9 Å². The van der Waals surface area contributed by atoms with E-state index in [1.165, 1.54) is 0 Å². The molecule has 0 aliphatic carbocycles. The van der Waals surface area contributed by atoms with E-state index in [1.54, 1.807) is 31.2 Å². The van der Waals surface area contributed by atoms with Crippen molar-refractivity contribution in [2.45, 2.75) is 24.8 Å². The molecule has 3 N–H and O–H groups in total. The molecule has 102 valence electrons. The minimum atomic E-state index is -3.57. The van der Waals surface area contributed by atoms with Crippen molar-refractivity contribution in [1.29, 1.82) is 0 Å². The minimum Gasteiger partial charge on any atom is -0.374 e. The number of anilines is 1. The molecule has 0 spiro atoms. The first-order chi connectivity index (χ1) is 8.88. The van der Waals surface area contributed by atoms with Crippen LogP contribution in [0.3, 0.4) is 0 Å². The van der Waals surface area contributed by atoms with Gasteiger partial charge in [-0.2, -0.15) is 0 Å². The maximum absolute atomic E-state index is 12.1. The summed E-state index contributed by atoms with van der Waals surface area (Å²) in [5.41, 5.74) is 6.48. The van der Waals surface area contributed by atoms with Gasteiger partial charge in [-0.15, -0.1) is 10.2 Å². The molecule has 6 nitrogen and oxygen atoms in total. The molecule has 0 fully saturated rings. The molecule has 0 amide bonds. The van der Waals surface area contributed by atoms with E-state index in [4.69, 9.17) is 5.73 Å². The topological polar surface area (TPSA) is 98.0 Å². The molecule has 19 heavy (non-hydrogen) atoms. The highest BCUT2D eigenvalue weighted by molar-refractivity contribution is 7.89. The van der Waals surface area contributed by atoms with E-state index in [2.05, 4.69) is 14.9 Å². The zero-order valence-corrected chi connectivity index (χ0v) is 12.1. The zero-order chi connectivity index (χ0) is 14.0. The van der Waals surface area contributed by atoms with Gasteiger partial charge < -0.3 is 5.73 Å². The number of rotatable bonds is 4. The van der Waals surface area contributed by atoms with E-state index in [0.29, 0.717) is 10.1 Å². The van der Waals surface area contributed by atoms with Gasteiger partial charge in [0.25, 0.3) is 0 Å². The number of nitrogens with two attached hydrogens (primary N) is 1. The quantitative estimate of drug-likeness (QED) is 0.890. The standard InChI is InChI=1S/C11H14N4O2S2/c1-7-3-5-9(6-4-7)19(16,17)15-8(2)10-13-14-11(12)18-10/h3-6,8,15H,1-2H3,(H2,12,14). The van der Waals surface area contributed by atoms with Crippen molar-refractivity contribution in [3.63, 3.8) is 0 Å². The van der Waals surface area contributed by atoms with Crippen LogP contribution < -0.4 is 10.5 Å². The van der Waals surface area contributed by atoms with Gasteiger partial charge in [-0.3, -0.25) is 0 Å². The minimum absolute atomic E-state index is 0.224. The summed E-state index contributed by atoms with van der Waals surface area (Å²) in [4.78, 5) is 0.224. The SMILES string of the molecule is Cc1ccc(S(=O)(=O)NC(C)c2nnc(N)s2)cc1. The lowest BCUT2D eigenvalue weighted by atomic mass is 10.2. The first-order valence-corrected chi connectivity index (χ1v) is 7.86. The van der Waals surface area contributed by atoms with Gasteiger partial charge in [-0.25, -0.2) is 13.1 Å². The number of benzene rings is 1. The lowest BCUT2D eigenvalue weighted by Gasteiger charge is -2.11. The van der Waals surface area contributed by atoms with Crippen molar-refractivity contribution >= 4 is 26.5 Å². The number of aryl methyl sites for hydroxylation is 1. The van der Waals surface area contributed by atoms with Gasteiger partial charge in [-0.05, 0) is 26.0 Å². The van der Waals surface area contributed by atoms with Crippen LogP contribution >= 0.6 is 11.3 Å².